The molecule has 8 nitrogen and oxygen atoms in total. The van der Waals surface area contributed by atoms with E-state index in [1.807, 2.05) is 106 Å². The first-order valence-electron chi connectivity index (χ1n) is 17.1. The third kappa shape index (κ3) is 6.30. The molecule has 0 aromatic heterocycles. The van der Waals surface area contributed by atoms with Crippen molar-refractivity contribution in [3.63, 3.8) is 0 Å². The van der Waals surface area contributed by atoms with Gasteiger partial charge in [0.1, 0.15) is 5.78 Å². The molecule has 2 aliphatic carbocycles. The molecule has 0 saturated heterocycles. The van der Waals surface area contributed by atoms with Gasteiger partial charge in [-0.05, 0) is 67.3 Å². The predicted molar refractivity (Wildman–Crippen MR) is 193 cm³/mol. The third-order valence-corrected chi connectivity index (χ3v) is 10.9. The number of anilines is 2. The third-order valence-electron chi connectivity index (χ3n) is 10.9. The Hall–Kier alpha value is -5.24. The Labute approximate surface area is 293 Å². The maximum absolute atomic E-state index is 14.2. The molecule has 4 atom stereocenters. The van der Waals surface area contributed by atoms with E-state index in [-0.39, 0.29) is 29.4 Å². The van der Waals surface area contributed by atoms with E-state index in [1.54, 1.807) is 19.1 Å². The molecule has 2 N–H and O–H groups in total. The number of esters is 2. The summed E-state index contributed by atoms with van der Waals surface area (Å²) in [4.78, 5) is 53.7. The lowest BCUT2D eigenvalue weighted by Crippen LogP contribution is -2.52. The van der Waals surface area contributed by atoms with Crippen molar-refractivity contribution in [1.29, 1.82) is 0 Å². The summed E-state index contributed by atoms with van der Waals surface area (Å²) in [5, 5.41) is 6.22. The molecule has 2 saturated carbocycles. The second-order valence-corrected chi connectivity index (χ2v) is 13.7. The van der Waals surface area contributed by atoms with E-state index >= 15 is 0 Å². The van der Waals surface area contributed by atoms with Crippen LogP contribution in [0.4, 0.5) is 11.4 Å². The molecule has 2 fully saturated rings. The second-order valence-electron chi connectivity index (χ2n) is 13.7. The Kier molecular flexibility index (Phi) is 9.91. The Morgan fingerprint density at radius 1 is 0.500 bits per heavy atom. The number of aryl methyl sites for hydroxylation is 2. The zero-order valence-corrected chi connectivity index (χ0v) is 29.3. The van der Waals surface area contributed by atoms with Crippen molar-refractivity contribution in [1.82, 2.24) is 0 Å². The fourth-order valence-corrected chi connectivity index (χ4v) is 8.31. The largest absolute Gasteiger partial charge is 0.469 e. The van der Waals surface area contributed by atoms with E-state index in [0.717, 1.165) is 39.1 Å². The van der Waals surface area contributed by atoms with Crippen LogP contribution in [-0.2, 0) is 28.7 Å². The molecule has 50 heavy (non-hydrogen) atoms. The number of ketones is 1. The highest BCUT2D eigenvalue weighted by Crippen LogP contribution is 2.59. The molecule has 2 aliphatic rings. The summed E-state index contributed by atoms with van der Waals surface area (Å²) in [5.41, 5.74) is 7.28. The van der Waals surface area contributed by atoms with Crippen molar-refractivity contribution in [3.05, 3.63) is 130 Å². The van der Waals surface area contributed by atoms with Crippen molar-refractivity contribution < 1.29 is 28.7 Å². The normalized spacial score (nSPS) is 25.3. The first kappa shape index (κ1) is 34.6. The molecular formula is C42H44N2O6. The number of ether oxygens (including phenoxy) is 2. The number of methoxy groups -OCH3 is 2. The van der Waals surface area contributed by atoms with Crippen LogP contribution in [0.3, 0.4) is 0 Å². The molecule has 8 heteroatoms. The van der Waals surface area contributed by atoms with E-state index < -0.39 is 41.5 Å². The maximum Gasteiger partial charge on any atom is 0.309 e. The Morgan fingerprint density at radius 3 is 1.18 bits per heavy atom. The molecule has 258 valence electrons. The highest BCUT2D eigenvalue weighted by molar-refractivity contribution is 5.97. The number of rotatable bonds is 10. The van der Waals surface area contributed by atoms with Crippen LogP contribution in [0.1, 0.15) is 64.0 Å². The van der Waals surface area contributed by atoms with Gasteiger partial charge in [0.15, 0.2) is 0 Å². The minimum Gasteiger partial charge on any atom is -0.469 e. The van der Waals surface area contributed by atoms with Gasteiger partial charge in [-0.25, -0.2) is 0 Å². The smallest absolute Gasteiger partial charge is 0.309 e. The zero-order chi connectivity index (χ0) is 35.7. The molecule has 0 aliphatic heterocycles. The molecule has 0 radical (unpaired) electrons. The van der Waals surface area contributed by atoms with Gasteiger partial charge in [-0.2, -0.15) is 0 Å². The monoisotopic (exact) mass is 672 g/mol. The summed E-state index contributed by atoms with van der Waals surface area (Å²) < 4.78 is 10.5. The number of benzene rings is 4. The van der Waals surface area contributed by atoms with Gasteiger partial charge < -0.3 is 20.1 Å². The fraction of sp³-hybridized carbons (Fsp3) is 0.333. The van der Waals surface area contributed by atoms with Gasteiger partial charge in [-0.1, -0.05) is 83.9 Å². The van der Waals surface area contributed by atoms with Crippen LogP contribution < -0.4 is 10.6 Å². The second kappa shape index (κ2) is 14.3. The molecule has 1 amide bonds. The molecule has 0 heterocycles. The van der Waals surface area contributed by atoms with Crippen LogP contribution in [0.5, 0.6) is 0 Å². The van der Waals surface area contributed by atoms with Crippen LogP contribution in [0.25, 0.3) is 0 Å². The number of amides is 1. The van der Waals surface area contributed by atoms with Crippen molar-refractivity contribution in [2.75, 3.05) is 31.9 Å². The van der Waals surface area contributed by atoms with Crippen LogP contribution in [0, 0.1) is 37.5 Å². The van der Waals surface area contributed by atoms with Gasteiger partial charge in [0.25, 0.3) is 0 Å². The Morgan fingerprint density at radius 2 is 0.840 bits per heavy atom. The molecule has 0 bridgehead atoms. The minimum absolute atomic E-state index is 0.0617. The van der Waals surface area contributed by atoms with Gasteiger partial charge in [-0.15, -0.1) is 0 Å². The van der Waals surface area contributed by atoms with Gasteiger partial charge in [-0.3, -0.25) is 19.2 Å². The van der Waals surface area contributed by atoms with E-state index in [2.05, 4.69) is 10.6 Å². The molecule has 4 aromatic rings. The lowest BCUT2D eigenvalue weighted by Gasteiger charge is -2.50. The predicted octanol–water partition coefficient (Wildman–Crippen LogP) is 7.15. The van der Waals surface area contributed by atoms with Crippen LogP contribution in [-0.4, -0.2) is 44.9 Å². The average molecular weight is 673 g/mol. The number of hydrogen-bond donors (Lipinski definition) is 2. The number of hydrogen-bond acceptors (Lipinski definition) is 7. The van der Waals surface area contributed by atoms with E-state index in [1.165, 1.54) is 14.2 Å². The van der Waals surface area contributed by atoms with Crippen LogP contribution in [0.2, 0.25) is 0 Å². The lowest BCUT2D eigenvalue weighted by molar-refractivity contribution is -0.164. The summed E-state index contributed by atoms with van der Waals surface area (Å²) in [6, 6.07) is 31.1. The van der Waals surface area contributed by atoms with Crippen molar-refractivity contribution in [3.8, 4) is 0 Å². The van der Waals surface area contributed by atoms with Gasteiger partial charge in [0.2, 0.25) is 5.91 Å². The summed E-state index contributed by atoms with van der Waals surface area (Å²) in [5.74, 6) is -4.34. The molecule has 0 spiro atoms. The Balaban J connectivity index is 1.29. The van der Waals surface area contributed by atoms with Crippen molar-refractivity contribution in [2.45, 2.75) is 44.4 Å². The molecule has 4 aromatic carbocycles. The molecular weight excluding hydrogens is 628 g/mol. The summed E-state index contributed by atoms with van der Waals surface area (Å²) in [7, 11) is 4.54. The van der Waals surface area contributed by atoms with E-state index in [9.17, 15) is 19.2 Å². The number of carbonyl (C=O) groups is 4. The molecule has 6 rings (SSSR count). The minimum atomic E-state index is -0.603. The lowest BCUT2D eigenvalue weighted by atomic mass is 9.51. The number of nitrogens with one attached hydrogen (secondary N) is 2. The van der Waals surface area contributed by atoms with Crippen LogP contribution in [0.15, 0.2) is 97.1 Å². The van der Waals surface area contributed by atoms with Gasteiger partial charge >= 0.3 is 11.9 Å². The zero-order valence-electron chi connectivity index (χ0n) is 29.3. The summed E-state index contributed by atoms with van der Waals surface area (Å²) in [6.07, 6.45) is 0. The number of carbonyl (C=O) groups excluding carboxylic acids is 4. The maximum atomic E-state index is 14.2. The van der Waals surface area contributed by atoms with E-state index in [0.29, 0.717) is 5.69 Å². The fourth-order valence-electron chi connectivity index (χ4n) is 8.31. The summed E-state index contributed by atoms with van der Waals surface area (Å²) >= 11 is 0. The topological polar surface area (TPSA) is 111 Å². The first-order chi connectivity index (χ1) is 24.1. The van der Waals surface area contributed by atoms with Crippen molar-refractivity contribution in [2.24, 2.45) is 23.7 Å². The SMILES string of the molecule is CNc1ccc(C2C(C(=O)OC)C(c3ccc(NC(=O)C4C(c5ccc(C)cc5)C(C(C)=O)C4c4ccc(C)cc4)cc3)C2C(=O)OC)cc1. The average Bonchev–Trinajstić information content (AvgIpc) is 3.09. The Bertz CT molecular complexity index is 1790. The highest BCUT2D eigenvalue weighted by atomic mass is 16.5. The van der Waals surface area contributed by atoms with Gasteiger partial charge in [0, 0.05) is 48.0 Å². The first-order valence-corrected chi connectivity index (χ1v) is 17.1. The molecule has 4 unspecified atom stereocenters. The van der Waals surface area contributed by atoms with Crippen molar-refractivity contribution >= 4 is 35.0 Å². The number of Topliss-reactive ketones (excluding diaryl/α,β-unsaturated/α-hetero) is 1. The van der Waals surface area contributed by atoms with E-state index in [4.69, 9.17) is 9.47 Å². The quantitative estimate of drug-likeness (QED) is 0.172. The van der Waals surface area contributed by atoms with Crippen LogP contribution >= 0.6 is 0 Å². The standard InChI is InChI=1S/C42H44N2O6/c1-23-7-11-26(12-8-23)33-32(25(3)45)34(27-13-9-24(2)10-14-27)37(33)40(46)44-31-21-17-29(18-22-31)36-38(41(47)49-5)35(39(36)42(48)50-6)28-15-19-30(43-4)20-16-28/h7-22,32-39,43H,1-6H3,(H,44,46). The highest BCUT2D eigenvalue weighted by Gasteiger charge is 2.60. The summed E-state index contributed by atoms with van der Waals surface area (Å²) in [6.45, 7) is 5.65. The van der Waals surface area contributed by atoms with Gasteiger partial charge in [0.05, 0.1) is 32.0 Å².